The Balaban J connectivity index is 0.000000292. The van der Waals surface area contributed by atoms with Crippen molar-refractivity contribution >= 4 is 17.3 Å². The summed E-state index contributed by atoms with van der Waals surface area (Å²) >= 11 is 0. The maximum Gasteiger partial charge on any atom is 0.255 e. The third-order valence-electron chi connectivity index (χ3n) is 3.74. The molecule has 1 heterocycles. The van der Waals surface area contributed by atoms with E-state index in [1.165, 1.54) is 50.2 Å². The summed E-state index contributed by atoms with van der Waals surface area (Å²) in [5.74, 6) is -0.274. The Kier molecular flexibility index (Phi) is 6.57. The lowest BCUT2D eigenvalue weighted by Gasteiger charge is -2.07. The fourth-order valence-electron chi connectivity index (χ4n) is 2.34. The first-order valence-electron chi connectivity index (χ1n) is 7.83. The molecule has 0 saturated carbocycles. The maximum absolute atomic E-state index is 11.9. The van der Waals surface area contributed by atoms with Gasteiger partial charge in [0.1, 0.15) is 0 Å². The Morgan fingerprint density at radius 3 is 2.25 bits per heavy atom. The largest absolute Gasteiger partial charge is 0.397 e. The van der Waals surface area contributed by atoms with Crippen LogP contribution >= 0.6 is 0 Å². The van der Waals surface area contributed by atoms with Crippen LogP contribution in [0.15, 0.2) is 48.5 Å². The highest BCUT2D eigenvalue weighted by Gasteiger charge is 2.08. The third-order valence-corrected chi connectivity index (χ3v) is 3.74. The molecular weight excluding hydrogens is 309 g/mol. The van der Waals surface area contributed by atoms with Crippen molar-refractivity contribution < 1.29 is 14.3 Å². The fourth-order valence-corrected chi connectivity index (χ4v) is 2.34. The zero-order valence-electron chi connectivity index (χ0n) is 13.7. The molecule has 0 aromatic heterocycles. The van der Waals surface area contributed by atoms with E-state index in [4.69, 9.17) is 5.73 Å². The minimum atomic E-state index is -0.321. The van der Waals surface area contributed by atoms with Gasteiger partial charge in [-0.1, -0.05) is 12.1 Å². The van der Waals surface area contributed by atoms with Crippen LogP contribution in [0.2, 0.25) is 0 Å². The highest BCUT2D eigenvalue weighted by atomic mass is 19.3. The van der Waals surface area contributed by atoms with Crippen LogP contribution in [-0.2, 0) is 0 Å². The molecule has 1 saturated heterocycles. The molecule has 0 unspecified atom stereocenters. The zero-order valence-corrected chi connectivity index (χ0v) is 13.7. The number of hydrogen-bond donors (Lipinski definition) is 2. The van der Waals surface area contributed by atoms with Gasteiger partial charge in [0.2, 0.25) is 0 Å². The standard InChI is InChI=1S/C13H11FN2O2.C5H11N/c14-18-10-7-5-9(6-8-10)13(17)16-12-4-2-1-3-11(12)15;1-6-4-2-3-5-6/h1-8H,15H2,(H,16,17);2-5H2,1H3. The summed E-state index contributed by atoms with van der Waals surface area (Å²) in [6.07, 6.45) is 2.83. The van der Waals surface area contributed by atoms with Crippen molar-refractivity contribution in [3.63, 3.8) is 0 Å². The monoisotopic (exact) mass is 331 g/mol. The number of halogens is 1. The summed E-state index contributed by atoms with van der Waals surface area (Å²) in [6, 6.07) is 12.6. The zero-order chi connectivity index (χ0) is 17.4. The van der Waals surface area contributed by atoms with E-state index in [0.717, 1.165) is 0 Å². The Bertz CT molecular complexity index is 656. The minimum Gasteiger partial charge on any atom is -0.397 e. The highest BCUT2D eigenvalue weighted by Crippen LogP contribution is 2.19. The average molecular weight is 331 g/mol. The van der Waals surface area contributed by atoms with Crippen molar-refractivity contribution in [1.82, 2.24) is 4.90 Å². The molecule has 0 atom stereocenters. The van der Waals surface area contributed by atoms with Crippen molar-refractivity contribution in [1.29, 1.82) is 0 Å². The van der Waals surface area contributed by atoms with Gasteiger partial charge in [-0.05, 0) is 69.4 Å². The van der Waals surface area contributed by atoms with Crippen LogP contribution in [-0.4, -0.2) is 30.9 Å². The van der Waals surface area contributed by atoms with E-state index in [-0.39, 0.29) is 11.7 Å². The van der Waals surface area contributed by atoms with Gasteiger partial charge < -0.3 is 16.0 Å². The van der Waals surface area contributed by atoms with E-state index in [1.54, 1.807) is 24.3 Å². The number of nitrogen functional groups attached to an aromatic ring is 1. The summed E-state index contributed by atoms with van der Waals surface area (Å²) < 4.78 is 11.8. The number of amides is 1. The van der Waals surface area contributed by atoms with Crippen molar-refractivity contribution in [3.05, 3.63) is 54.1 Å². The lowest BCUT2D eigenvalue weighted by atomic mass is 10.2. The molecule has 5 nitrogen and oxygen atoms in total. The second-order valence-corrected chi connectivity index (χ2v) is 5.65. The van der Waals surface area contributed by atoms with E-state index in [0.29, 0.717) is 16.9 Å². The van der Waals surface area contributed by atoms with Gasteiger partial charge >= 0.3 is 0 Å². The Morgan fingerprint density at radius 2 is 1.75 bits per heavy atom. The van der Waals surface area contributed by atoms with Crippen molar-refractivity contribution in [2.24, 2.45) is 0 Å². The lowest BCUT2D eigenvalue weighted by Crippen LogP contribution is -2.12. The number of rotatable bonds is 3. The molecule has 0 bridgehead atoms. The van der Waals surface area contributed by atoms with Gasteiger partial charge in [0.15, 0.2) is 5.75 Å². The SMILES string of the molecule is CN1CCCC1.Nc1ccccc1NC(=O)c1ccc(OF)cc1. The first-order chi connectivity index (χ1) is 11.6. The normalized spacial score (nSPS) is 13.8. The van der Waals surface area contributed by atoms with Crippen LogP contribution in [0.1, 0.15) is 23.2 Å². The third kappa shape index (κ3) is 5.24. The molecule has 1 fully saturated rings. The number of nitrogens with two attached hydrogens (primary N) is 1. The van der Waals surface area contributed by atoms with Crippen molar-refractivity contribution in [2.45, 2.75) is 12.8 Å². The molecule has 2 aromatic rings. The van der Waals surface area contributed by atoms with Gasteiger partial charge in [-0.25, -0.2) is 0 Å². The molecule has 6 heteroatoms. The number of likely N-dealkylation sites (tertiary alicyclic amines) is 1. The number of nitrogens with zero attached hydrogens (tertiary/aromatic N) is 1. The quantitative estimate of drug-likeness (QED) is 0.845. The lowest BCUT2D eigenvalue weighted by molar-refractivity contribution is -0.00621. The molecule has 1 amide bonds. The summed E-state index contributed by atoms with van der Waals surface area (Å²) in [5, 5.41) is 2.67. The van der Waals surface area contributed by atoms with E-state index in [1.807, 2.05) is 0 Å². The number of nitrogens with one attached hydrogen (secondary N) is 1. The van der Waals surface area contributed by atoms with Crippen LogP contribution in [0.5, 0.6) is 5.75 Å². The first-order valence-corrected chi connectivity index (χ1v) is 7.83. The molecule has 1 aliphatic heterocycles. The smallest absolute Gasteiger partial charge is 0.255 e. The molecule has 0 spiro atoms. The van der Waals surface area contributed by atoms with Crippen molar-refractivity contribution in [3.8, 4) is 5.75 Å². The van der Waals surface area contributed by atoms with Gasteiger partial charge in [-0.15, -0.1) is 0 Å². The number of hydrogen-bond acceptors (Lipinski definition) is 4. The average Bonchev–Trinajstić information content (AvgIpc) is 3.08. The molecule has 3 N–H and O–H groups in total. The second kappa shape index (κ2) is 8.88. The molecule has 3 rings (SSSR count). The molecular formula is C18H22FN3O2. The number of carbonyl (C=O) groups excluding carboxylic acids is 1. The van der Waals surface area contributed by atoms with Crippen molar-refractivity contribution in [2.75, 3.05) is 31.2 Å². The van der Waals surface area contributed by atoms with E-state index in [9.17, 15) is 9.32 Å². The van der Waals surface area contributed by atoms with Gasteiger partial charge in [0, 0.05) is 10.1 Å². The Hall–Kier alpha value is -2.60. The predicted molar refractivity (Wildman–Crippen MR) is 93.7 cm³/mol. The minimum absolute atomic E-state index is 0.0470. The fraction of sp³-hybridized carbons (Fsp3) is 0.278. The van der Waals surface area contributed by atoms with Crippen LogP contribution in [0, 0.1) is 0 Å². The summed E-state index contributed by atoms with van der Waals surface area (Å²) in [7, 11) is 2.17. The van der Waals surface area contributed by atoms with Gasteiger partial charge in [0.25, 0.3) is 5.91 Å². The Morgan fingerprint density at radius 1 is 1.12 bits per heavy atom. The summed E-state index contributed by atoms with van der Waals surface area (Å²) in [5.41, 5.74) is 7.11. The molecule has 1 aliphatic rings. The summed E-state index contributed by atoms with van der Waals surface area (Å²) in [6.45, 7) is 2.64. The van der Waals surface area contributed by atoms with E-state index >= 15 is 0 Å². The van der Waals surface area contributed by atoms with E-state index < -0.39 is 0 Å². The highest BCUT2D eigenvalue weighted by molar-refractivity contribution is 6.05. The van der Waals surface area contributed by atoms with Crippen LogP contribution in [0.3, 0.4) is 0 Å². The van der Waals surface area contributed by atoms with Gasteiger partial charge in [0.05, 0.1) is 11.4 Å². The number of anilines is 2. The summed E-state index contributed by atoms with van der Waals surface area (Å²) in [4.78, 5) is 17.8. The number of benzene rings is 2. The number of carbonyl (C=O) groups is 1. The maximum atomic E-state index is 11.9. The second-order valence-electron chi connectivity index (χ2n) is 5.65. The predicted octanol–water partition coefficient (Wildman–Crippen LogP) is 3.50. The van der Waals surface area contributed by atoms with Gasteiger partial charge in [-0.3, -0.25) is 9.74 Å². The molecule has 2 aromatic carbocycles. The van der Waals surface area contributed by atoms with Gasteiger partial charge in [-0.2, -0.15) is 0 Å². The molecule has 24 heavy (non-hydrogen) atoms. The molecule has 0 aliphatic carbocycles. The molecule has 128 valence electrons. The van der Waals surface area contributed by atoms with Crippen LogP contribution < -0.4 is 16.0 Å². The topological polar surface area (TPSA) is 67.6 Å². The Labute approximate surface area is 141 Å². The van der Waals surface area contributed by atoms with Crippen LogP contribution in [0.25, 0.3) is 0 Å². The first kappa shape index (κ1) is 17.7. The van der Waals surface area contributed by atoms with Crippen LogP contribution in [0.4, 0.5) is 15.9 Å². The van der Waals surface area contributed by atoms with E-state index in [2.05, 4.69) is 22.2 Å². The number of para-hydroxylation sites is 2. The molecule has 0 radical (unpaired) electrons.